The van der Waals surface area contributed by atoms with E-state index in [2.05, 4.69) is 12.2 Å². The van der Waals surface area contributed by atoms with Crippen molar-refractivity contribution in [1.82, 2.24) is 0 Å². The van der Waals surface area contributed by atoms with Crippen LogP contribution in [0.4, 0.5) is 5.69 Å². The minimum absolute atomic E-state index is 0.0914. The number of methoxy groups -OCH3 is 2. The molecule has 0 bridgehead atoms. The number of aliphatic hydroxyl groups is 1. The Morgan fingerprint density at radius 3 is 2.33 bits per heavy atom. The van der Waals surface area contributed by atoms with Gasteiger partial charge >= 0.3 is 0 Å². The molecule has 0 saturated carbocycles. The predicted octanol–water partition coefficient (Wildman–Crippen LogP) is 4.21. The Bertz CT molecular complexity index is 738. The maximum Gasteiger partial charge on any atom is 0.255 e. The number of amides is 1. The maximum absolute atomic E-state index is 12.3. The van der Waals surface area contributed by atoms with E-state index < -0.39 is 0 Å². The lowest BCUT2D eigenvalue weighted by atomic mass is 9.96. The summed E-state index contributed by atoms with van der Waals surface area (Å²) < 4.78 is 10.7. The Kier molecular flexibility index (Phi) is 8.04. The Balaban J connectivity index is 2.03. The van der Waals surface area contributed by atoms with Crippen LogP contribution in [0.5, 0.6) is 5.75 Å². The van der Waals surface area contributed by atoms with Gasteiger partial charge in [-0.3, -0.25) is 4.79 Å². The number of hydrogen-bond donors (Lipinski definition) is 2. The molecule has 2 rings (SSSR count). The van der Waals surface area contributed by atoms with Gasteiger partial charge in [0.15, 0.2) is 0 Å². The monoisotopic (exact) mass is 369 g/mol. The van der Waals surface area contributed by atoms with Crippen molar-refractivity contribution in [1.29, 1.82) is 0 Å². The first kappa shape index (κ1) is 20.7. The summed E-state index contributed by atoms with van der Waals surface area (Å²) in [6.45, 7) is 2.21. The molecule has 5 heteroatoms. The number of hydrogen-bond acceptors (Lipinski definition) is 4. The zero-order valence-electron chi connectivity index (χ0n) is 16.0. The smallest absolute Gasteiger partial charge is 0.255 e. The third-order valence-electron chi connectivity index (χ3n) is 4.32. The second kappa shape index (κ2) is 10.5. The molecule has 2 atom stereocenters. The Morgan fingerprint density at radius 2 is 1.78 bits per heavy atom. The minimum atomic E-state index is -0.172. The summed E-state index contributed by atoms with van der Waals surface area (Å²) in [6, 6.07) is 14.6. The van der Waals surface area contributed by atoms with E-state index in [1.165, 1.54) is 0 Å². The number of nitrogens with one attached hydrogen (secondary N) is 1. The maximum atomic E-state index is 12.3. The average molecular weight is 369 g/mol. The summed E-state index contributed by atoms with van der Waals surface area (Å²) in [4.78, 5) is 12.3. The van der Waals surface area contributed by atoms with E-state index in [4.69, 9.17) is 14.6 Å². The second-order valence-corrected chi connectivity index (χ2v) is 6.26. The predicted molar refractivity (Wildman–Crippen MR) is 107 cm³/mol. The third kappa shape index (κ3) is 5.94. The lowest BCUT2D eigenvalue weighted by Gasteiger charge is -2.21. The second-order valence-electron chi connectivity index (χ2n) is 6.26. The van der Waals surface area contributed by atoms with Gasteiger partial charge in [-0.1, -0.05) is 31.2 Å². The van der Waals surface area contributed by atoms with Gasteiger partial charge in [0.25, 0.3) is 5.91 Å². The summed E-state index contributed by atoms with van der Waals surface area (Å²) in [7, 11) is 3.27. The highest BCUT2D eigenvalue weighted by atomic mass is 16.5. The van der Waals surface area contributed by atoms with Crippen molar-refractivity contribution in [2.45, 2.75) is 19.4 Å². The van der Waals surface area contributed by atoms with Crippen LogP contribution in [0.25, 0.3) is 0 Å². The van der Waals surface area contributed by atoms with E-state index in [-0.39, 0.29) is 24.5 Å². The molecule has 0 aromatic heterocycles. The molecule has 2 aromatic carbocycles. The minimum Gasteiger partial charge on any atom is -0.497 e. The van der Waals surface area contributed by atoms with Crippen molar-refractivity contribution >= 4 is 11.6 Å². The first-order valence-corrected chi connectivity index (χ1v) is 8.94. The van der Waals surface area contributed by atoms with E-state index in [1.54, 1.807) is 38.5 Å². The van der Waals surface area contributed by atoms with Crippen LogP contribution in [0.2, 0.25) is 0 Å². The van der Waals surface area contributed by atoms with Crippen LogP contribution in [0.3, 0.4) is 0 Å². The Hall–Kier alpha value is -2.63. The molecule has 2 aromatic rings. The third-order valence-corrected chi connectivity index (χ3v) is 4.32. The molecule has 0 aliphatic heterocycles. The number of carbonyl (C=O) groups excluding carboxylic acids is 1. The van der Waals surface area contributed by atoms with Gasteiger partial charge in [0.1, 0.15) is 5.75 Å². The van der Waals surface area contributed by atoms with Gasteiger partial charge in [-0.05, 0) is 48.4 Å². The fourth-order valence-electron chi connectivity index (χ4n) is 2.84. The highest BCUT2D eigenvalue weighted by Crippen LogP contribution is 2.27. The van der Waals surface area contributed by atoms with Crippen molar-refractivity contribution in [3.8, 4) is 5.75 Å². The zero-order chi connectivity index (χ0) is 19.6. The summed E-state index contributed by atoms with van der Waals surface area (Å²) in [5.41, 5.74) is 2.32. The molecule has 2 N–H and O–H groups in total. The number of ether oxygens (including phenoxy) is 2. The van der Waals surface area contributed by atoms with Gasteiger partial charge < -0.3 is 19.9 Å². The lowest BCUT2D eigenvalue weighted by Crippen LogP contribution is -2.13. The number of rotatable bonds is 9. The van der Waals surface area contributed by atoms with E-state index in [0.29, 0.717) is 17.7 Å². The SMILES string of the molecule is COc1ccc(C(=O)Nc2ccc([C@@H](OC)[C@H](C)/C=C/CCO)cc2)cc1. The fourth-order valence-corrected chi connectivity index (χ4v) is 2.84. The molecular weight excluding hydrogens is 342 g/mol. The molecule has 0 spiro atoms. The summed E-state index contributed by atoms with van der Waals surface area (Å²) in [5, 5.41) is 11.8. The van der Waals surface area contributed by atoms with E-state index in [1.807, 2.05) is 36.4 Å². The fraction of sp³-hybridized carbons (Fsp3) is 0.318. The van der Waals surface area contributed by atoms with Crippen molar-refractivity contribution < 1.29 is 19.4 Å². The van der Waals surface area contributed by atoms with Crippen molar-refractivity contribution in [3.05, 3.63) is 71.8 Å². The quantitative estimate of drug-likeness (QED) is 0.650. The molecule has 0 saturated heterocycles. The van der Waals surface area contributed by atoms with Crippen LogP contribution in [-0.4, -0.2) is 31.8 Å². The molecule has 0 heterocycles. The van der Waals surface area contributed by atoms with Gasteiger partial charge in [0, 0.05) is 30.9 Å². The number of carbonyl (C=O) groups is 1. The summed E-state index contributed by atoms with van der Waals surface area (Å²) in [6.07, 6.45) is 4.55. The first-order valence-electron chi connectivity index (χ1n) is 8.94. The molecule has 1 amide bonds. The molecule has 27 heavy (non-hydrogen) atoms. The van der Waals surface area contributed by atoms with Gasteiger partial charge in [-0.25, -0.2) is 0 Å². The molecule has 0 aliphatic rings. The number of aliphatic hydroxyl groups excluding tert-OH is 1. The van der Waals surface area contributed by atoms with E-state index in [0.717, 1.165) is 11.3 Å². The molecule has 0 radical (unpaired) electrons. The van der Waals surface area contributed by atoms with Crippen LogP contribution < -0.4 is 10.1 Å². The van der Waals surface area contributed by atoms with Crippen LogP contribution in [0.1, 0.15) is 35.4 Å². The normalized spacial score (nSPS) is 13.3. The van der Waals surface area contributed by atoms with E-state index in [9.17, 15) is 4.79 Å². The topological polar surface area (TPSA) is 67.8 Å². The number of benzene rings is 2. The van der Waals surface area contributed by atoms with Crippen molar-refractivity contribution in [2.75, 3.05) is 26.1 Å². The summed E-state index contributed by atoms with van der Waals surface area (Å²) in [5.74, 6) is 0.707. The molecule has 0 aliphatic carbocycles. The zero-order valence-corrected chi connectivity index (χ0v) is 16.0. The van der Waals surface area contributed by atoms with Crippen LogP contribution in [0.15, 0.2) is 60.7 Å². The van der Waals surface area contributed by atoms with Crippen molar-refractivity contribution in [2.24, 2.45) is 5.92 Å². The highest BCUT2D eigenvalue weighted by Gasteiger charge is 2.16. The lowest BCUT2D eigenvalue weighted by molar-refractivity contribution is 0.0740. The standard InChI is InChI=1S/C22H27NO4/c1-16(6-4-5-15-24)21(27-3)17-7-11-19(12-8-17)23-22(25)18-9-13-20(26-2)14-10-18/h4,6-14,16,21,24H,5,15H2,1-3H3,(H,23,25)/b6-4+/t16-,21+/m1/s1. The summed E-state index contributed by atoms with van der Waals surface area (Å²) >= 11 is 0. The first-order chi connectivity index (χ1) is 13.1. The largest absolute Gasteiger partial charge is 0.497 e. The van der Waals surface area contributed by atoms with Gasteiger partial charge in [0.2, 0.25) is 0 Å². The van der Waals surface area contributed by atoms with Crippen LogP contribution in [-0.2, 0) is 4.74 Å². The van der Waals surface area contributed by atoms with E-state index >= 15 is 0 Å². The Morgan fingerprint density at radius 1 is 1.11 bits per heavy atom. The highest BCUT2D eigenvalue weighted by molar-refractivity contribution is 6.04. The van der Waals surface area contributed by atoms with Crippen LogP contribution in [0, 0.1) is 5.92 Å². The van der Waals surface area contributed by atoms with Crippen molar-refractivity contribution in [3.63, 3.8) is 0 Å². The molecule has 0 fully saturated rings. The van der Waals surface area contributed by atoms with Gasteiger partial charge in [-0.2, -0.15) is 0 Å². The van der Waals surface area contributed by atoms with Crippen LogP contribution >= 0.6 is 0 Å². The Labute approximate surface area is 160 Å². The molecule has 5 nitrogen and oxygen atoms in total. The molecular formula is C22H27NO4. The van der Waals surface area contributed by atoms with Gasteiger partial charge in [-0.15, -0.1) is 0 Å². The average Bonchev–Trinajstić information content (AvgIpc) is 2.70. The van der Waals surface area contributed by atoms with Gasteiger partial charge in [0.05, 0.1) is 13.2 Å². The number of anilines is 1. The molecule has 0 unspecified atom stereocenters. The molecule has 144 valence electrons.